The Labute approximate surface area is 208 Å². The summed E-state index contributed by atoms with van der Waals surface area (Å²) in [6, 6.07) is 17.8. The first kappa shape index (κ1) is 22.4. The number of hydrogen-bond acceptors (Lipinski definition) is 7. The Morgan fingerprint density at radius 3 is 2.92 bits per heavy atom. The minimum absolute atomic E-state index is 0.0119. The average molecular weight is 486 g/mol. The van der Waals surface area contributed by atoms with E-state index < -0.39 is 6.10 Å². The fourth-order valence-corrected chi connectivity index (χ4v) is 4.81. The molecule has 0 unspecified atom stereocenters. The SMILES string of the molecule is CO[C@@H]1C[C@H]2COc3ccn4ncc(c4n3)-c3cc(cc(OCc4ccccc4)c3)NCCN2C1=O. The molecule has 36 heavy (non-hydrogen) atoms. The molecule has 4 bridgehead atoms. The highest BCUT2D eigenvalue weighted by Crippen LogP contribution is 2.32. The summed E-state index contributed by atoms with van der Waals surface area (Å²) in [7, 11) is 1.57. The van der Waals surface area contributed by atoms with Crippen LogP contribution in [0.25, 0.3) is 16.8 Å². The van der Waals surface area contributed by atoms with E-state index in [4.69, 9.17) is 19.2 Å². The van der Waals surface area contributed by atoms with Crippen LogP contribution in [0.2, 0.25) is 0 Å². The number of methoxy groups -OCH3 is 1. The second-order valence-electron chi connectivity index (χ2n) is 9.00. The maximum Gasteiger partial charge on any atom is 0.252 e. The predicted octanol–water partition coefficient (Wildman–Crippen LogP) is 3.40. The van der Waals surface area contributed by atoms with E-state index in [2.05, 4.69) is 16.5 Å². The molecule has 0 spiro atoms. The van der Waals surface area contributed by atoms with Gasteiger partial charge in [0.25, 0.3) is 5.91 Å². The molecule has 1 saturated heterocycles. The van der Waals surface area contributed by atoms with Crippen LogP contribution < -0.4 is 14.8 Å². The number of carbonyl (C=O) groups excluding carboxylic acids is 1. The molecule has 184 valence electrons. The first-order chi connectivity index (χ1) is 17.7. The summed E-state index contributed by atoms with van der Waals surface area (Å²) >= 11 is 0. The van der Waals surface area contributed by atoms with Crippen molar-refractivity contribution in [3.8, 4) is 22.8 Å². The fraction of sp³-hybridized carbons (Fsp3) is 0.296. The highest BCUT2D eigenvalue weighted by atomic mass is 16.5. The second-order valence-corrected chi connectivity index (χ2v) is 9.00. The topological polar surface area (TPSA) is 90.2 Å². The third-order valence-electron chi connectivity index (χ3n) is 6.68. The van der Waals surface area contributed by atoms with Gasteiger partial charge in [0.05, 0.1) is 12.2 Å². The van der Waals surface area contributed by atoms with E-state index in [0.29, 0.717) is 44.3 Å². The molecule has 2 aromatic carbocycles. The molecule has 2 aliphatic heterocycles. The predicted molar refractivity (Wildman–Crippen MR) is 134 cm³/mol. The van der Waals surface area contributed by atoms with E-state index in [1.54, 1.807) is 23.9 Å². The Balaban J connectivity index is 1.37. The van der Waals surface area contributed by atoms with Gasteiger partial charge in [-0.25, -0.2) is 4.52 Å². The summed E-state index contributed by atoms with van der Waals surface area (Å²) in [6.45, 7) is 1.91. The zero-order valence-electron chi connectivity index (χ0n) is 20.0. The minimum Gasteiger partial charge on any atom is -0.489 e. The lowest BCUT2D eigenvalue weighted by Crippen LogP contribution is -2.41. The molecule has 0 aliphatic carbocycles. The van der Waals surface area contributed by atoms with E-state index in [-0.39, 0.29) is 11.9 Å². The summed E-state index contributed by atoms with van der Waals surface area (Å²) in [5.74, 6) is 1.21. The Kier molecular flexibility index (Phi) is 5.90. The van der Waals surface area contributed by atoms with E-state index in [1.165, 1.54) is 0 Å². The van der Waals surface area contributed by atoms with Crippen LogP contribution in [0, 0.1) is 0 Å². The molecule has 9 nitrogen and oxygen atoms in total. The monoisotopic (exact) mass is 485 g/mol. The zero-order chi connectivity index (χ0) is 24.5. The smallest absolute Gasteiger partial charge is 0.252 e. The lowest BCUT2D eigenvalue weighted by Gasteiger charge is -2.25. The Hall–Kier alpha value is -4.11. The van der Waals surface area contributed by atoms with Crippen LogP contribution in [0.1, 0.15) is 12.0 Å². The van der Waals surface area contributed by atoms with Gasteiger partial charge in [-0.15, -0.1) is 0 Å². The molecule has 1 N–H and O–H groups in total. The number of anilines is 1. The lowest BCUT2D eigenvalue weighted by atomic mass is 10.1. The van der Waals surface area contributed by atoms with Crippen LogP contribution in [0.4, 0.5) is 5.69 Å². The summed E-state index contributed by atoms with van der Waals surface area (Å²) in [6.07, 6.45) is 3.77. The van der Waals surface area contributed by atoms with Crippen molar-refractivity contribution in [1.29, 1.82) is 0 Å². The average Bonchev–Trinajstić information content (AvgIpc) is 3.46. The summed E-state index contributed by atoms with van der Waals surface area (Å²) < 4.78 is 19.4. The summed E-state index contributed by atoms with van der Waals surface area (Å²) in [4.78, 5) is 19.5. The van der Waals surface area contributed by atoms with Gasteiger partial charge in [0.15, 0.2) is 5.65 Å². The number of aromatic nitrogens is 3. The molecule has 2 atom stereocenters. The van der Waals surface area contributed by atoms with Crippen molar-refractivity contribution in [2.45, 2.75) is 25.2 Å². The molecular formula is C27H27N5O4. The van der Waals surface area contributed by atoms with E-state index in [1.807, 2.05) is 53.6 Å². The van der Waals surface area contributed by atoms with Gasteiger partial charge < -0.3 is 24.4 Å². The summed E-state index contributed by atoms with van der Waals surface area (Å²) in [5.41, 5.74) is 4.47. The standard InChI is InChI=1S/C27H27N5O4/c1-34-24-14-21-17-36-25-7-9-32-26(30-25)23(15-29-32)19-11-20(28-8-10-31(21)27(24)33)13-22(12-19)35-16-18-5-3-2-4-6-18/h2-7,9,11-13,15,21,24,28H,8,10,14,16-17H2,1H3/t21-,24+/m0/s1. The highest BCUT2D eigenvalue weighted by molar-refractivity contribution is 5.84. The van der Waals surface area contributed by atoms with Gasteiger partial charge >= 0.3 is 0 Å². The van der Waals surface area contributed by atoms with Gasteiger partial charge in [-0.05, 0) is 23.3 Å². The molecule has 2 aromatic heterocycles. The van der Waals surface area contributed by atoms with Crippen molar-refractivity contribution in [2.75, 3.05) is 32.1 Å². The number of amides is 1. The lowest BCUT2D eigenvalue weighted by molar-refractivity contribution is -0.136. The fourth-order valence-electron chi connectivity index (χ4n) is 4.81. The zero-order valence-corrected chi connectivity index (χ0v) is 20.0. The molecule has 6 rings (SSSR count). The van der Waals surface area contributed by atoms with Crippen molar-refractivity contribution in [1.82, 2.24) is 19.5 Å². The minimum atomic E-state index is -0.451. The number of fused-ring (bicyclic) bond motifs is 5. The van der Waals surface area contributed by atoms with Crippen molar-refractivity contribution in [3.05, 3.63) is 72.6 Å². The molecular weight excluding hydrogens is 458 g/mol. The normalized spacial score (nSPS) is 19.5. The number of nitrogens with one attached hydrogen (secondary N) is 1. The molecule has 1 fully saturated rings. The highest BCUT2D eigenvalue weighted by Gasteiger charge is 2.39. The van der Waals surface area contributed by atoms with Crippen molar-refractivity contribution in [3.63, 3.8) is 0 Å². The number of nitrogens with zero attached hydrogens (tertiary/aromatic N) is 4. The number of carbonyl (C=O) groups is 1. The van der Waals surface area contributed by atoms with E-state index in [0.717, 1.165) is 28.1 Å². The van der Waals surface area contributed by atoms with Gasteiger partial charge in [-0.2, -0.15) is 10.1 Å². The third-order valence-corrected chi connectivity index (χ3v) is 6.68. The van der Waals surface area contributed by atoms with Gasteiger partial charge in [-0.1, -0.05) is 30.3 Å². The Morgan fingerprint density at radius 1 is 1.17 bits per heavy atom. The molecule has 0 radical (unpaired) electrons. The van der Waals surface area contributed by atoms with E-state index >= 15 is 0 Å². The summed E-state index contributed by atoms with van der Waals surface area (Å²) in [5, 5.41) is 7.95. The van der Waals surface area contributed by atoms with Gasteiger partial charge in [-0.3, -0.25) is 4.79 Å². The largest absolute Gasteiger partial charge is 0.489 e. The van der Waals surface area contributed by atoms with Crippen molar-refractivity contribution in [2.24, 2.45) is 0 Å². The van der Waals surface area contributed by atoms with Crippen LogP contribution in [0.15, 0.2) is 67.0 Å². The third kappa shape index (κ3) is 4.33. The van der Waals surface area contributed by atoms with Crippen molar-refractivity contribution >= 4 is 17.2 Å². The van der Waals surface area contributed by atoms with Crippen LogP contribution in [0.5, 0.6) is 11.6 Å². The molecule has 0 saturated carbocycles. The first-order valence-corrected chi connectivity index (χ1v) is 12.0. The number of benzene rings is 2. The maximum absolute atomic E-state index is 12.9. The van der Waals surface area contributed by atoms with Crippen LogP contribution in [-0.4, -0.2) is 64.4 Å². The van der Waals surface area contributed by atoms with Gasteiger partial charge in [0, 0.05) is 56.2 Å². The number of hydrogen-bond donors (Lipinski definition) is 1. The molecule has 1 amide bonds. The van der Waals surface area contributed by atoms with Crippen LogP contribution >= 0.6 is 0 Å². The van der Waals surface area contributed by atoms with Crippen LogP contribution in [-0.2, 0) is 16.1 Å². The van der Waals surface area contributed by atoms with Crippen molar-refractivity contribution < 1.29 is 19.0 Å². The second kappa shape index (κ2) is 9.50. The van der Waals surface area contributed by atoms with Gasteiger partial charge in [0.1, 0.15) is 25.1 Å². The number of rotatable bonds is 4. The Bertz CT molecular complexity index is 1390. The molecule has 4 aromatic rings. The molecule has 9 heteroatoms. The maximum atomic E-state index is 12.9. The number of ether oxygens (including phenoxy) is 3. The molecule has 2 aliphatic rings. The molecule has 4 heterocycles. The van der Waals surface area contributed by atoms with E-state index in [9.17, 15) is 4.79 Å². The van der Waals surface area contributed by atoms with Crippen LogP contribution in [0.3, 0.4) is 0 Å². The first-order valence-electron chi connectivity index (χ1n) is 12.0. The van der Waals surface area contributed by atoms with Gasteiger partial charge in [0.2, 0.25) is 5.88 Å². The quantitative estimate of drug-likeness (QED) is 0.474. The Morgan fingerprint density at radius 2 is 2.06 bits per heavy atom.